The van der Waals surface area contributed by atoms with Crippen LogP contribution >= 0.6 is 0 Å². The third-order valence-corrected chi connectivity index (χ3v) is 2.94. The van der Waals surface area contributed by atoms with Crippen molar-refractivity contribution in [2.24, 2.45) is 11.8 Å². The highest BCUT2D eigenvalue weighted by Gasteiger charge is 2.18. The van der Waals surface area contributed by atoms with Gasteiger partial charge in [0, 0.05) is 13.0 Å². The van der Waals surface area contributed by atoms with Crippen LogP contribution in [0.15, 0.2) is 0 Å². The van der Waals surface area contributed by atoms with Crippen molar-refractivity contribution in [3.8, 4) is 0 Å². The first-order valence-electron chi connectivity index (χ1n) is 5.00. The molecule has 1 saturated carbocycles. The van der Waals surface area contributed by atoms with Gasteiger partial charge in [-0.2, -0.15) is 0 Å². The molecule has 1 fully saturated rings. The van der Waals surface area contributed by atoms with Gasteiger partial charge in [0.1, 0.15) is 0 Å². The zero-order valence-corrected chi connectivity index (χ0v) is 8.19. The Bertz CT molecular complexity index is 154. The normalized spacial score (nSPS) is 30.8. The molecule has 70 valence electrons. The third kappa shape index (κ3) is 2.50. The first kappa shape index (κ1) is 9.56. The Kier molecular flexibility index (Phi) is 3.57. The van der Waals surface area contributed by atoms with E-state index in [0.29, 0.717) is 5.92 Å². The molecule has 0 spiro atoms. The standard InChI is InChI=1S/C10H20N2/c1-8-4-3-5-9(7-6-8)10(11)12-2/h8-9H,3-7H2,1-2H3,(H2,11,12)/t8?,9-/m0/s1. The summed E-state index contributed by atoms with van der Waals surface area (Å²) in [5.74, 6) is 2.13. The Morgan fingerprint density at radius 3 is 2.67 bits per heavy atom. The highest BCUT2D eigenvalue weighted by molar-refractivity contribution is 5.81. The lowest BCUT2D eigenvalue weighted by molar-refractivity contribution is 0.497. The van der Waals surface area contributed by atoms with Gasteiger partial charge in [-0.25, -0.2) is 0 Å². The minimum atomic E-state index is 0.514. The van der Waals surface area contributed by atoms with Crippen LogP contribution < -0.4 is 5.32 Å². The summed E-state index contributed by atoms with van der Waals surface area (Å²) in [6.45, 7) is 2.32. The second-order valence-corrected chi connectivity index (χ2v) is 3.97. The summed E-state index contributed by atoms with van der Waals surface area (Å²) in [5, 5.41) is 10.6. The zero-order valence-electron chi connectivity index (χ0n) is 8.19. The van der Waals surface area contributed by atoms with Gasteiger partial charge in [0.2, 0.25) is 0 Å². The van der Waals surface area contributed by atoms with E-state index >= 15 is 0 Å². The molecule has 0 heterocycles. The first-order chi connectivity index (χ1) is 5.74. The fourth-order valence-corrected chi connectivity index (χ4v) is 1.98. The molecular weight excluding hydrogens is 148 g/mol. The van der Waals surface area contributed by atoms with Crippen LogP contribution in [0.4, 0.5) is 0 Å². The lowest BCUT2D eigenvalue weighted by atomic mass is 9.98. The van der Waals surface area contributed by atoms with Crippen LogP contribution in [-0.4, -0.2) is 12.9 Å². The van der Waals surface area contributed by atoms with Gasteiger partial charge in [0.15, 0.2) is 0 Å². The molecule has 2 nitrogen and oxygen atoms in total. The molecule has 12 heavy (non-hydrogen) atoms. The van der Waals surface area contributed by atoms with E-state index < -0.39 is 0 Å². The monoisotopic (exact) mass is 168 g/mol. The second-order valence-electron chi connectivity index (χ2n) is 3.97. The van der Waals surface area contributed by atoms with Crippen LogP contribution in [0, 0.1) is 17.2 Å². The maximum absolute atomic E-state index is 7.68. The molecule has 0 bridgehead atoms. The summed E-state index contributed by atoms with van der Waals surface area (Å²) in [6, 6.07) is 0. The highest BCUT2D eigenvalue weighted by Crippen LogP contribution is 2.26. The molecule has 0 saturated heterocycles. The van der Waals surface area contributed by atoms with Gasteiger partial charge in [-0.1, -0.05) is 26.2 Å². The Morgan fingerprint density at radius 2 is 2.00 bits per heavy atom. The summed E-state index contributed by atoms with van der Waals surface area (Å²) in [7, 11) is 1.86. The van der Waals surface area contributed by atoms with Crippen molar-refractivity contribution in [3.63, 3.8) is 0 Å². The van der Waals surface area contributed by atoms with E-state index in [1.54, 1.807) is 0 Å². The molecule has 1 aliphatic rings. The molecule has 0 amide bonds. The molecule has 0 aromatic carbocycles. The Hall–Kier alpha value is -0.530. The van der Waals surface area contributed by atoms with Crippen molar-refractivity contribution in [1.82, 2.24) is 5.32 Å². The summed E-state index contributed by atoms with van der Waals surface area (Å²) in [6.07, 6.45) is 6.38. The molecule has 0 radical (unpaired) electrons. The van der Waals surface area contributed by atoms with Crippen molar-refractivity contribution >= 4 is 5.84 Å². The lowest BCUT2D eigenvalue weighted by Crippen LogP contribution is -2.26. The molecule has 2 heteroatoms. The van der Waals surface area contributed by atoms with E-state index in [1.165, 1.54) is 32.1 Å². The average Bonchev–Trinajstić information content (AvgIpc) is 2.29. The molecule has 1 rings (SSSR count). The smallest absolute Gasteiger partial charge is 0.0960 e. The van der Waals surface area contributed by atoms with Gasteiger partial charge in [0.25, 0.3) is 0 Å². The van der Waals surface area contributed by atoms with Gasteiger partial charge in [-0.3, -0.25) is 5.41 Å². The Balaban J connectivity index is 2.40. The molecule has 0 aromatic rings. The van der Waals surface area contributed by atoms with Crippen molar-refractivity contribution in [1.29, 1.82) is 5.41 Å². The predicted octanol–water partition coefficient (Wildman–Crippen LogP) is 2.40. The topological polar surface area (TPSA) is 35.9 Å². The summed E-state index contributed by atoms with van der Waals surface area (Å²) < 4.78 is 0. The average molecular weight is 168 g/mol. The minimum Gasteiger partial charge on any atom is -0.377 e. The van der Waals surface area contributed by atoms with Crippen molar-refractivity contribution in [3.05, 3.63) is 0 Å². The van der Waals surface area contributed by atoms with Crippen LogP contribution in [0.1, 0.15) is 39.0 Å². The van der Waals surface area contributed by atoms with Crippen molar-refractivity contribution < 1.29 is 0 Å². The molecule has 0 aromatic heterocycles. The fourth-order valence-electron chi connectivity index (χ4n) is 1.98. The van der Waals surface area contributed by atoms with Gasteiger partial charge in [-0.15, -0.1) is 0 Å². The maximum Gasteiger partial charge on any atom is 0.0960 e. The largest absolute Gasteiger partial charge is 0.377 e. The Labute approximate surface area is 75.3 Å². The fraction of sp³-hybridized carbons (Fsp3) is 0.900. The van der Waals surface area contributed by atoms with E-state index in [2.05, 4.69) is 12.2 Å². The number of nitrogens with one attached hydrogen (secondary N) is 2. The van der Waals surface area contributed by atoms with Crippen LogP contribution in [0.25, 0.3) is 0 Å². The number of hydrogen-bond acceptors (Lipinski definition) is 1. The van der Waals surface area contributed by atoms with Crippen molar-refractivity contribution in [2.75, 3.05) is 7.05 Å². The van der Waals surface area contributed by atoms with Gasteiger partial charge in [0.05, 0.1) is 5.84 Å². The molecule has 2 N–H and O–H groups in total. The number of amidine groups is 1. The minimum absolute atomic E-state index is 0.514. The number of rotatable bonds is 1. The number of hydrogen-bond donors (Lipinski definition) is 2. The van der Waals surface area contributed by atoms with E-state index in [4.69, 9.17) is 5.41 Å². The first-order valence-corrected chi connectivity index (χ1v) is 5.00. The second kappa shape index (κ2) is 4.48. The molecule has 1 unspecified atom stereocenters. The third-order valence-electron chi connectivity index (χ3n) is 2.94. The van der Waals surface area contributed by atoms with Crippen LogP contribution in [0.2, 0.25) is 0 Å². The van der Waals surface area contributed by atoms with Gasteiger partial charge >= 0.3 is 0 Å². The van der Waals surface area contributed by atoms with E-state index in [9.17, 15) is 0 Å². The van der Waals surface area contributed by atoms with E-state index in [1.807, 2.05) is 7.05 Å². The van der Waals surface area contributed by atoms with Gasteiger partial charge < -0.3 is 5.32 Å². The predicted molar refractivity (Wildman–Crippen MR) is 52.5 cm³/mol. The maximum atomic E-state index is 7.68. The highest BCUT2D eigenvalue weighted by atomic mass is 14.9. The molecular formula is C10H20N2. The SMILES string of the molecule is CNC(=N)[C@H]1CCCC(C)CC1. The summed E-state index contributed by atoms with van der Waals surface area (Å²) >= 11 is 0. The molecule has 1 aliphatic carbocycles. The summed E-state index contributed by atoms with van der Waals surface area (Å²) in [4.78, 5) is 0. The summed E-state index contributed by atoms with van der Waals surface area (Å²) in [5.41, 5.74) is 0. The zero-order chi connectivity index (χ0) is 8.97. The van der Waals surface area contributed by atoms with Gasteiger partial charge in [-0.05, 0) is 18.8 Å². The van der Waals surface area contributed by atoms with Crippen LogP contribution in [0.3, 0.4) is 0 Å². The molecule has 2 atom stereocenters. The quantitative estimate of drug-likeness (QED) is 0.352. The van der Waals surface area contributed by atoms with Crippen LogP contribution in [0.5, 0.6) is 0 Å². The van der Waals surface area contributed by atoms with E-state index in [0.717, 1.165) is 11.8 Å². The molecule has 0 aliphatic heterocycles. The van der Waals surface area contributed by atoms with Crippen LogP contribution in [-0.2, 0) is 0 Å². The Morgan fingerprint density at radius 1 is 1.25 bits per heavy atom. The van der Waals surface area contributed by atoms with E-state index in [-0.39, 0.29) is 0 Å². The lowest BCUT2D eigenvalue weighted by Gasteiger charge is -2.14. The van der Waals surface area contributed by atoms with Crippen molar-refractivity contribution in [2.45, 2.75) is 39.0 Å².